The molecule has 0 amide bonds. The first-order valence-corrected chi connectivity index (χ1v) is 23.0. The lowest BCUT2D eigenvalue weighted by Gasteiger charge is -2.32. The maximum atomic E-state index is 14.1. The first-order chi connectivity index (χ1) is 28.7. The molecule has 4 heteroatoms. The third kappa shape index (κ3) is 34.9. The molecule has 0 bridgehead atoms. The average Bonchev–Trinajstić information content (AvgIpc) is 3.22. The van der Waals surface area contributed by atoms with Crippen molar-refractivity contribution in [2.45, 2.75) is 173 Å². The van der Waals surface area contributed by atoms with Crippen molar-refractivity contribution in [1.29, 1.82) is 0 Å². The predicted octanol–water partition coefficient (Wildman–Crippen LogP) is 16.8. The van der Waals surface area contributed by atoms with Gasteiger partial charge in [0.15, 0.2) is 0 Å². The fourth-order valence-corrected chi connectivity index (χ4v) is 6.51. The van der Waals surface area contributed by atoms with Crippen LogP contribution in [0.4, 0.5) is 8.78 Å². The summed E-state index contributed by atoms with van der Waals surface area (Å²) in [7, 11) is 0. The van der Waals surface area contributed by atoms with Crippen molar-refractivity contribution < 1.29 is 8.78 Å². The molecule has 0 fully saturated rings. The van der Waals surface area contributed by atoms with Crippen molar-refractivity contribution >= 4 is 0 Å². The van der Waals surface area contributed by atoms with E-state index in [4.69, 9.17) is 11.5 Å². The van der Waals surface area contributed by atoms with E-state index in [0.717, 1.165) is 128 Å². The van der Waals surface area contributed by atoms with Gasteiger partial charge in [-0.05, 0) is 160 Å². The molecular weight excluding hydrogens is 727 g/mol. The number of allylic oxidation sites excluding steroid dienone is 22. The molecule has 2 unspecified atom stereocenters. The first-order valence-electron chi connectivity index (χ1n) is 23.0. The Morgan fingerprint density at radius 3 is 1.22 bits per heavy atom. The van der Waals surface area contributed by atoms with Crippen molar-refractivity contribution in [2.75, 3.05) is 6.54 Å². The van der Waals surface area contributed by atoms with E-state index in [2.05, 4.69) is 155 Å². The smallest absolute Gasteiger partial charge is 0.260 e. The Hall–Kier alpha value is -3.60. The highest BCUT2D eigenvalue weighted by molar-refractivity contribution is 5.18. The summed E-state index contributed by atoms with van der Waals surface area (Å²) in [5.74, 6) is 0.326. The third-order valence-electron chi connectivity index (χ3n) is 10.3. The van der Waals surface area contributed by atoms with Gasteiger partial charge in [-0.25, -0.2) is 8.78 Å². The molecule has 0 rings (SSSR count). The summed E-state index contributed by atoms with van der Waals surface area (Å²) in [4.78, 5) is 0. The molecule has 0 aromatic rings. The van der Waals surface area contributed by atoms with Crippen LogP contribution >= 0.6 is 0 Å². The van der Waals surface area contributed by atoms with Crippen molar-refractivity contribution in [3.63, 3.8) is 0 Å². The van der Waals surface area contributed by atoms with Gasteiger partial charge in [0.05, 0.1) is 5.54 Å². The summed E-state index contributed by atoms with van der Waals surface area (Å²) in [5.41, 5.74) is 13.1. The Kier molecular flexibility index (Phi) is 38.6. The molecular formula is C55H86F2N2. The molecule has 0 aliphatic carbocycles. The molecule has 0 aromatic heterocycles. The zero-order valence-corrected chi connectivity index (χ0v) is 37.7. The standard InChI is InChI=1S/C55H86F2N2/c1-6-8-10-12-14-16-18-20-22-24-26-28-30-32-34-36-38-41-50(3)43-45-53(46-44-52(5)55(59,54(56)57)47-40-48-58)49-51(4)42-39-37-35-33-31-29-27-25-23-21-19-17-15-13-11-9-7-2/h8-11,14-17,20-23,26-29,32-35,53-54H,3-7,12-13,18-19,24-25,30-31,36-49,58-59H2,1-2H3/b10-8-,11-9-,16-14-,17-15-,22-20-,23-21-,28-26-,29-27-,34-32-,35-33-. The molecule has 330 valence electrons. The van der Waals surface area contributed by atoms with Gasteiger partial charge in [0.25, 0.3) is 6.43 Å². The number of hydrogen-bond donors (Lipinski definition) is 2. The average molecular weight is 813 g/mol. The molecule has 0 aliphatic rings. The molecule has 0 saturated heterocycles. The summed E-state index contributed by atoms with van der Waals surface area (Å²) in [6, 6.07) is 0. The summed E-state index contributed by atoms with van der Waals surface area (Å²) in [5, 5.41) is 0. The summed E-state index contributed by atoms with van der Waals surface area (Å²) in [6.45, 7) is 17.5. The van der Waals surface area contributed by atoms with Gasteiger partial charge in [-0.2, -0.15) is 0 Å². The van der Waals surface area contributed by atoms with E-state index in [9.17, 15) is 8.78 Å². The Labute approximate surface area is 362 Å². The Bertz CT molecular complexity index is 1360. The molecule has 0 aromatic carbocycles. The highest BCUT2D eigenvalue weighted by atomic mass is 19.3. The van der Waals surface area contributed by atoms with Gasteiger partial charge in [-0.1, -0.05) is 172 Å². The van der Waals surface area contributed by atoms with Gasteiger partial charge in [-0.3, -0.25) is 0 Å². The van der Waals surface area contributed by atoms with Gasteiger partial charge >= 0.3 is 0 Å². The van der Waals surface area contributed by atoms with Gasteiger partial charge in [-0.15, -0.1) is 0 Å². The summed E-state index contributed by atoms with van der Waals surface area (Å²) in [6.07, 6.45) is 62.7. The molecule has 0 heterocycles. The van der Waals surface area contributed by atoms with E-state index in [-0.39, 0.29) is 6.42 Å². The van der Waals surface area contributed by atoms with Crippen LogP contribution in [0.3, 0.4) is 0 Å². The predicted molar refractivity (Wildman–Crippen MR) is 262 cm³/mol. The zero-order chi connectivity index (χ0) is 43.5. The zero-order valence-electron chi connectivity index (χ0n) is 37.7. The van der Waals surface area contributed by atoms with Crippen LogP contribution in [0.15, 0.2) is 158 Å². The third-order valence-corrected chi connectivity index (χ3v) is 10.3. The summed E-state index contributed by atoms with van der Waals surface area (Å²) < 4.78 is 28.2. The maximum Gasteiger partial charge on any atom is 0.260 e. The second-order valence-electron chi connectivity index (χ2n) is 15.7. The van der Waals surface area contributed by atoms with Crippen molar-refractivity contribution in [3.05, 3.63) is 158 Å². The van der Waals surface area contributed by atoms with E-state index >= 15 is 0 Å². The molecule has 4 N–H and O–H groups in total. The highest BCUT2D eigenvalue weighted by Crippen LogP contribution is 2.33. The molecule has 2 atom stereocenters. The number of rotatable bonds is 39. The molecule has 0 aliphatic heterocycles. The van der Waals surface area contributed by atoms with Gasteiger partial charge in [0, 0.05) is 0 Å². The number of unbranched alkanes of at least 4 members (excludes halogenated alkanes) is 2. The first kappa shape index (κ1) is 55.4. The van der Waals surface area contributed by atoms with Crippen molar-refractivity contribution in [1.82, 2.24) is 0 Å². The van der Waals surface area contributed by atoms with Gasteiger partial charge in [0.2, 0.25) is 0 Å². The van der Waals surface area contributed by atoms with Crippen LogP contribution in [0.5, 0.6) is 0 Å². The number of alkyl halides is 2. The minimum Gasteiger partial charge on any atom is -0.330 e. The van der Waals surface area contributed by atoms with Crippen LogP contribution in [0.2, 0.25) is 0 Å². The fraction of sp³-hybridized carbons (Fsp3) is 0.527. The maximum absolute atomic E-state index is 14.1. The van der Waals surface area contributed by atoms with E-state index in [1.54, 1.807) is 0 Å². The highest BCUT2D eigenvalue weighted by Gasteiger charge is 2.37. The molecule has 0 spiro atoms. The molecule has 0 radical (unpaired) electrons. The van der Waals surface area contributed by atoms with E-state index in [0.29, 0.717) is 30.9 Å². The van der Waals surface area contributed by atoms with Crippen LogP contribution in [0, 0.1) is 5.92 Å². The quantitative estimate of drug-likeness (QED) is 0.0480. The number of halogens is 2. The Morgan fingerprint density at radius 2 is 0.847 bits per heavy atom. The topological polar surface area (TPSA) is 52.0 Å². The fourth-order valence-electron chi connectivity index (χ4n) is 6.51. The minimum absolute atomic E-state index is 0.155. The van der Waals surface area contributed by atoms with Crippen LogP contribution in [0.25, 0.3) is 0 Å². The minimum atomic E-state index is -2.66. The van der Waals surface area contributed by atoms with Crippen LogP contribution < -0.4 is 11.5 Å². The van der Waals surface area contributed by atoms with Crippen molar-refractivity contribution in [2.24, 2.45) is 17.4 Å². The second-order valence-corrected chi connectivity index (χ2v) is 15.7. The molecule has 2 nitrogen and oxygen atoms in total. The van der Waals surface area contributed by atoms with E-state index in [1.165, 1.54) is 11.1 Å². The lowest BCUT2D eigenvalue weighted by atomic mass is 9.81. The SMILES string of the molecule is C=C(CCC/C=C\C/C=C\C/C=C\C/C=C\C/C=C\CC)CCC(CCC(=C)C(N)(CCCN)C(F)F)CC(=C)CCC/C=C\C/C=C\C/C=C\C/C=C\C/C=C\CC. The molecule has 0 saturated carbocycles. The van der Waals surface area contributed by atoms with Crippen molar-refractivity contribution in [3.8, 4) is 0 Å². The lowest BCUT2D eigenvalue weighted by molar-refractivity contribution is 0.0656. The monoisotopic (exact) mass is 813 g/mol. The van der Waals surface area contributed by atoms with Gasteiger partial charge in [0.1, 0.15) is 0 Å². The van der Waals surface area contributed by atoms with Crippen LogP contribution in [0.1, 0.15) is 162 Å². The Morgan fingerprint density at radius 1 is 0.492 bits per heavy atom. The Balaban J connectivity index is 4.74. The van der Waals surface area contributed by atoms with Crippen LogP contribution in [-0.2, 0) is 0 Å². The largest absolute Gasteiger partial charge is 0.330 e. The number of hydrogen-bond acceptors (Lipinski definition) is 2. The van der Waals surface area contributed by atoms with E-state index < -0.39 is 12.0 Å². The lowest BCUT2D eigenvalue weighted by Crippen LogP contribution is -2.49. The number of nitrogens with two attached hydrogens (primary N) is 2. The van der Waals surface area contributed by atoms with Gasteiger partial charge < -0.3 is 11.5 Å². The summed E-state index contributed by atoms with van der Waals surface area (Å²) >= 11 is 0. The second kappa shape index (κ2) is 41.1. The van der Waals surface area contributed by atoms with Crippen LogP contribution in [-0.4, -0.2) is 18.5 Å². The van der Waals surface area contributed by atoms with E-state index in [1.807, 2.05) is 0 Å². The normalized spacial score (nSPS) is 14.6. The molecule has 59 heavy (non-hydrogen) atoms.